The van der Waals surface area contributed by atoms with Crippen LogP contribution in [0.5, 0.6) is 0 Å². The van der Waals surface area contributed by atoms with Crippen molar-refractivity contribution in [2.24, 2.45) is 0 Å². The molecule has 9 heteroatoms. The Balaban J connectivity index is 1.35. The van der Waals surface area contributed by atoms with Crippen LogP contribution in [0.15, 0.2) is 79.4 Å². The number of rotatable bonds is 7. The first-order valence-corrected chi connectivity index (χ1v) is 12.0. The Bertz CT molecular complexity index is 1260. The van der Waals surface area contributed by atoms with Gasteiger partial charge in [-0.2, -0.15) is 0 Å². The Morgan fingerprint density at radius 3 is 2.28 bits per heavy atom. The minimum Gasteiger partial charge on any atom is -0.336 e. The number of carbonyl (C=O) groups is 4. The molecule has 0 bridgehead atoms. The molecule has 0 saturated carbocycles. The maximum absolute atomic E-state index is 13.8. The smallest absolute Gasteiger partial charge is 0.246 e. The molecule has 0 aliphatic carbocycles. The Kier molecular flexibility index (Phi) is 6.37. The molecule has 0 unspecified atom stereocenters. The molecule has 2 aliphatic heterocycles. The summed E-state index contributed by atoms with van der Waals surface area (Å²) in [7, 11) is 0. The lowest BCUT2D eigenvalue weighted by molar-refractivity contribution is -0.143. The van der Waals surface area contributed by atoms with Crippen LogP contribution in [0.2, 0.25) is 0 Å². The maximum Gasteiger partial charge on any atom is 0.246 e. The topological polar surface area (TPSA) is 95.8 Å². The third-order valence-electron chi connectivity index (χ3n) is 6.97. The number of hydrogen-bond acceptors (Lipinski definition) is 5. The molecule has 0 radical (unpaired) electrons. The van der Waals surface area contributed by atoms with Crippen molar-refractivity contribution < 1.29 is 19.2 Å². The molecule has 0 N–H and O–H groups in total. The number of hydrogen-bond donors (Lipinski definition) is 0. The number of likely N-dealkylation sites (tertiary alicyclic amines) is 1. The number of para-hydroxylation sites is 1. The minimum absolute atomic E-state index is 0.0644. The summed E-state index contributed by atoms with van der Waals surface area (Å²) in [6.07, 6.45) is 4.79. The van der Waals surface area contributed by atoms with E-state index >= 15 is 0 Å². The average Bonchev–Trinajstić information content (AvgIpc) is 3.50. The number of nitrogens with zero attached hydrogens (tertiary/aromatic N) is 5. The second kappa shape index (κ2) is 9.77. The molecule has 36 heavy (non-hydrogen) atoms. The van der Waals surface area contributed by atoms with Gasteiger partial charge in [-0.3, -0.25) is 24.1 Å². The van der Waals surface area contributed by atoms with E-state index in [-0.39, 0.29) is 49.6 Å². The van der Waals surface area contributed by atoms with E-state index in [0.29, 0.717) is 25.2 Å². The lowest BCUT2D eigenvalue weighted by Crippen LogP contribution is -2.54. The van der Waals surface area contributed by atoms with Crippen molar-refractivity contribution in [3.8, 4) is 0 Å². The standard InChI is InChI=1S/C27H27N5O4/c33-23(30-14-16-31(25(35)19-30)22-9-5-2-6-10-22)17-27(21-7-3-1-4-8-21)18-24(34)32(26(27)36)15-13-29-12-11-28-20-29/h1-12,20H,13-19H2/t27-/m1/s1. The number of imide groups is 1. The number of imidazole rings is 1. The van der Waals surface area contributed by atoms with Gasteiger partial charge in [-0.15, -0.1) is 0 Å². The molecular formula is C27H27N5O4. The van der Waals surface area contributed by atoms with E-state index < -0.39 is 5.41 Å². The van der Waals surface area contributed by atoms with Gasteiger partial charge in [0.25, 0.3) is 0 Å². The molecule has 3 heterocycles. The van der Waals surface area contributed by atoms with Crippen LogP contribution in [0.3, 0.4) is 0 Å². The highest BCUT2D eigenvalue weighted by Crippen LogP contribution is 2.40. The van der Waals surface area contributed by atoms with E-state index in [1.54, 1.807) is 52.5 Å². The zero-order chi connectivity index (χ0) is 25.1. The fourth-order valence-corrected chi connectivity index (χ4v) is 5.02. The lowest BCUT2D eigenvalue weighted by Gasteiger charge is -2.36. The van der Waals surface area contributed by atoms with Crippen molar-refractivity contribution in [3.63, 3.8) is 0 Å². The number of piperazine rings is 1. The van der Waals surface area contributed by atoms with Gasteiger partial charge in [0.1, 0.15) is 6.54 Å². The summed E-state index contributed by atoms with van der Waals surface area (Å²) in [6, 6.07) is 18.4. The van der Waals surface area contributed by atoms with Gasteiger partial charge in [0.2, 0.25) is 23.6 Å². The van der Waals surface area contributed by atoms with Crippen LogP contribution in [0, 0.1) is 0 Å². The molecule has 9 nitrogen and oxygen atoms in total. The van der Waals surface area contributed by atoms with E-state index in [0.717, 1.165) is 5.69 Å². The monoisotopic (exact) mass is 485 g/mol. The van der Waals surface area contributed by atoms with E-state index in [4.69, 9.17) is 0 Å². The molecule has 3 aromatic rings. The molecule has 1 aromatic heterocycles. The Labute approximate surface area is 208 Å². The zero-order valence-electron chi connectivity index (χ0n) is 19.8. The van der Waals surface area contributed by atoms with E-state index in [9.17, 15) is 19.2 Å². The molecular weight excluding hydrogens is 458 g/mol. The van der Waals surface area contributed by atoms with Gasteiger partial charge >= 0.3 is 0 Å². The summed E-state index contributed by atoms with van der Waals surface area (Å²) in [6.45, 7) is 1.29. The van der Waals surface area contributed by atoms with Crippen LogP contribution in [0.1, 0.15) is 18.4 Å². The van der Waals surface area contributed by atoms with Gasteiger partial charge in [-0.25, -0.2) is 4.98 Å². The molecule has 2 aromatic carbocycles. The number of amides is 4. The molecule has 2 aliphatic rings. The minimum atomic E-state index is -1.29. The molecule has 2 saturated heterocycles. The second-order valence-corrected chi connectivity index (χ2v) is 9.15. The van der Waals surface area contributed by atoms with Crippen LogP contribution < -0.4 is 4.90 Å². The number of benzene rings is 2. The van der Waals surface area contributed by atoms with E-state index in [2.05, 4.69) is 4.98 Å². The Morgan fingerprint density at radius 1 is 0.889 bits per heavy atom. The van der Waals surface area contributed by atoms with E-state index in [1.165, 1.54) is 9.80 Å². The molecule has 0 spiro atoms. The van der Waals surface area contributed by atoms with Gasteiger partial charge in [0.15, 0.2) is 0 Å². The lowest BCUT2D eigenvalue weighted by atomic mass is 9.75. The van der Waals surface area contributed by atoms with Gasteiger partial charge in [0.05, 0.1) is 11.7 Å². The number of anilines is 1. The SMILES string of the molecule is O=C(C[C@]1(c2ccccc2)CC(=O)N(CCn2ccnc2)C1=O)N1CCN(c2ccccc2)C(=O)C1. The Hall–Kier alpha value is -4.27. The molecule has 184 valence electrons. The van der Waals surface area contributed by atoms with Crippen LogP contribution in [-0.2, 0) is 31.1 Å². The van der Waals surface area contributed by atoms with Gasteiger partial charge in [-0.05, 0) is 17.7 Å². The van der Waals surface area contributed by atoms with Crippen molar-refractivity contribution in [3.05, 3.63) is 84.9 Å². The summed E-state index contributed by atoms with van der Waals surface area (Å²) < 4.78 is 1.80. The summed E-state index contributed by atoms with van der Waals surface area (Å²) >= 11 is 0. The van der Waals surface area contributed by atoms with Crippen molar-refractivity contribution in [1.29, 1.82) is 0 Å². The van der Waals surface area contributed by atoms with Crippen molar-refractivity contribution in [2.75, 3.05) is 31.1 Å². The molecule has 2 fully saturated rings. The summed E-state index contributed by atoms with van der Waals surface area (Å²) in [5.41, 5.74) is 0.140. The highest BCUT2D eigenvalue weighted by Gasteiger charge is 2.54. The predicted molar refractivity (Wildman–Crippen MR) is 132 cm³/mol. The third kappa shape index (κ3) is 4.39. The van der Waals surface area contributed by atoms with Crippen molar-refractivity contribution >= 4 is 29.3 Å². The van der Waals surface area contributed by atoms with Gasteiger partial charge in [0, 0.05) is 57.1 Å². The predicted octanol–water partition coefficient (Wildman–Crippen LogP) is 1.85. The Morgan fingerprint density at radius 2 is 1.61 bits per heavy atom. The van der Waals surface area contributed by atoms with Crippen molar-refractivity contribution in [1.82, 2.24) is 19.4 Å². The highest BCUT2D eigenvalue weighted by molar-refractivity contribution is 6.11. The zero-order valence-corrected chi connectivity index (χ0v) is 19.8. The van der Waals surface area contributed by atoms with Crippen LogP contribution >= 0.6 is 0 Å². The largest absolute Gasteiger partial charge is 0.336 e. The first kappa shape index (κ1) is 23.5. The normalized spacial score (nSPS) is 20.3. The fraction of sp³-hybridized carbons (Fsp3) is 0.296. The summed E-state index contributed by atoms with van der Waals surface area (Å²) in [4.78, 5) is 61.5. The molecule has 1 atom stereocenters. The molecule has 4 amide bonds. The number of aromatic nitrogens is 2. The molecule has 5 rings (SSSR count). The van der Waals surface area contributed by atoms with Crippen LogP contribution in [-0.4, -0.2) is 69.2 Å². The van der Waals surface area contributed by atoms with Gasteiger partial charge < -0.3 is 14.4 Å². The maximum atomic E-state index is 13.8. The first-order valence-electron chi connectivity index (χ1n) is 12.0. The van der Waals surface area contributed by atoms with Crippen LogP contribution in [0.4, 0.5) is 5.69 Å². The first-order chi connectivity index (χ1) is 17.5. The highest BCUT2D eigenvalue weighted by atomic mass is 16.2. The average molecular weight is 486 g/mol. The van der Waals surface area contributed by atoms with Crippen molar-refractivity contribution in [2.45, 2.75) is 24.8 Å². The van der Waals surface area contributed by atoms with E-state index in [1.807, 2.05) is 36.4 Å². The quantitative estimate of drug-likeness (QED) is 0.476. The summed E-state index contributed by atoms with van der Waals surface area (Å²) in [5.74, 6) is -1.16. The van der Waals surface area contributed by atoms with Crippen LogP contribution in [0.25, 0.3) is 0 Å². The third-order valence-corrected chi connectivity index (χ3v) is 6.97. The second-order valence-electron chi connectivity index (χ2n) is 9.15. The van der Waals surface area contributed by atoms with Gasteiger partial charge in [-0.1, -0.05) is 48.5 Å². The number of carbonyl (C=O) groups excluding carboxylic acids is 4. The summed E-state index contributed by atoms with van der Waals surface area (Å²) in [5, 5.41) is 0. The fourth-order valence-electron chi connectivity index (χ4n) is 5.02.